The highest BCUT2D eigenvalue weighted by atomic mass is 19.1. The van der Waals surface area contributed by atoms with Crippen molar-refractivity contribution in [3.05, 3.63) is 29.1 Å². The van der Waals surface area contributed by atoms with Crippen molar-refractivity contribution >= 4 is 11.9 Å². The first kappa shape index (κ1) is 13.8. The van der Waals surface area contributed by atoms with Gasteiger partial charge in [0.05, 0.1) is 18.7 Å². The van der Waals surface area contributed by atoms with E-state index >= 15 is 0 Å². The number of methoxy groups -OCH3 is 1. The minimum atomic E-state index is -1.28. The monoisotopic (exact) mass is 278 g/mol. The molecule has 1 aliphatic heterocycles. The average Bonchev–Trinajstić information content (AvgIpc) is 2.72. The van der Waals surface area contributed by atoms with Gasteiger partial charge in [-0.05, 0) is 19.1 Å². The van der Waals surface area contributed by atoms with E-state index in [1.807, 2.05) is 0 Å². The van der Waals surface area contributed by atoms with Gasteiger partial charge in [0.2, 0.25) is 0 Å². The molecule has 1 N–H and O–H groups in total. The van der Waals surface area contributed by atoms with Crippen molar-refractivity contribution < 1.29 is 23.8 Å². The summed E-state index contributed by atoms with van der Waals surface area (Å²) in [4.78, 5) is 24.2. The molecular weight excluding hydrogens is 267 g/mol. The summed E-state index contributed by atoms with van der Waals surface area (Å²) in [5.41, 5.74) is -0.225. The number of carboxylic acids is 1. The Hall–Kier alpha value is -2.62. The number of carbonyl (C=O) groups excluding carboxylic acids is 1. The molecule has 0 bridgehead atoms. The standard InChI is InChI=1S/C13H11FN2O4/c1-6(13(18)19)16-8(5-15)10-7(14)3-4-9(20-2)11(10)12(16)17/h3-4,6,8H,1-2H3,(H,18,19). The van der Waals surface area contributed by atoms with E-state index in [9.17, 15) is 19.2 Å². The van der Waals surface area contributed by atoms with Crippen molar-refractivity contribution in [2.75, 3.05) is 7.11 Å². The normalized spacial score (nSPS) is 18.4. The topological polar surface area (TPSA) is 90.6 Å². The van der Waals surface area contributed by atoms with E-state index in [1.165, 1.54) is 20.1 Å². The van der Waals surface area contributed by atoms with Crippen molar-refractivity contribution in [1.29, 1.82) is 5.26 Å². The summed E-state index contributed by atoms with van der Waals surface area (Å²) < 4.78 is 18.9. The van der Waals surface area contributed by atoms with Gasteiger partial charge in [-0.3, -0.25) is 4.79 Å². The fourth-order valence-corrected chi connectivity index (χ4v) is 2.26. The third kappa shape index (κ3) is 1.77. The first-order valence-corrected chi connectivity index (χ1v) is 5.75. The molecule has 0 aliphatic carbocycles. The Bertz CT molecular complexity index is 638. The van der Waals surface area contributed by atoms with Crippen molar-refractivity contribution in [3.63, 3.8) is 0 Å². The fraction of sp³-hybridized carbons (Fsp3) is 0.308. The summed E-state index contributed by atoms with van der Waals surface area (Å²) in [7, 11) is 1.31. The van der Waals surface area contributed by atoms with Gasteiger partial charge >= 0.3 is 5.97 Å². The van der Waals surface area contributed by atoms with Gasteiger partial charge in [0.1, 0.15) is 23.7 Å². The van der Waals surface area contributed by atoms with Crippen LogP contribution in [0.5, 0.6) is 5.75 Å². The second kappa shape index (κ2) is 4.81. The van der Waals surface area contributed by atoms with Gasteiger partial charge in [-0.25, -0.2) is 9.18 Å². The van der Waals surface area contributed by atoms with Gasteiger partial charge in [0, 0.05) is 5.56 Å². The number of carboxylic acid groups (broad SMARTS) is 1. The zero-order valence-corrected chi connectivity index (χ0v) is 10.8. The van der Waals surface area contributed by atoms with Crippen molar-refractivity contribution in [3.8, 4) is 11.8 Å². The molecule has 1 amide bonds. The number of carbonyl (C=O) groups is 2. The number of fused-ring (bicyclic) bond motifs is 1. The van der Waals surface area contributed by atoms with Crippen LogP contribution in [0.1, 0.15) is 28.9 Å². The molecule has 1 aromatic rings. The third-order valence-electron chi connectivity index (χ3n) is 3.27. The lowest BCUT2D eigenvalue weighted by Gasteiger charge is -2.24. The Morgan fingerprint density at radius 3 is 2.75 bits per heavy atom. The number of hydrogen-bond donors (Lipinski definition) is 1. The van der Waals surface area contributed by atoms with Crippen LogP contribution in [-0.4, -0.2) is 35.0 Å². The maximum atomic E-state index is 13.9. The Morgan fingerprint density at radius 1 is 1.60 bits per heavy atom. The quantitative estimate of drug-likeness (QED) is 0.900. The first-order chi connectivity index (χ1) is 9.43. The van der Waals surface area contributed by atoms with E-state index in [0.717, 1.165) is 11.0 Å². The van der Waals surface area contributed by atoms with Gasteiger partial charge in [-0.1, -0.05) is 0 Å². The van der Waals surface area contributed by atoms with E-state index in [0.29, 0.717) is 0 Å². The molecule has 20 heavy (non-hydrogen) atoms. The molecule has 2 atom stereocenters. The van der Waals surface area contributed by atoms with Crippen LogP contribution in [0.25, 0.3) is 0 Å². The molecule has 104 valence electrons. The first-order valence-electron chi connectivity index (χ1n) is 5.75. The van der Waals surface area contributed by atoms with E-state index in [-0.39, 0.29) is 16.9 Å². The van der Waals surface area contributed by atoms with Crippen LogP contribution in [-0.2, 0) is 4.79 Å². The Morgan fingerprint density at radius 2 is 2.25 bits per heavy atom. The fourth-order valence-electron chi connectivity index (χ4n) is 2.26. The Labute approximate surface area is 114 Å². The number of aliphatic carboxylic acids is 1. The summed E-state index contributed by atoms with van der Waals surface area (Å²) in [6.07, 6.45) is 0. The van der Waals surface area contributed by atoms with Gasteiger partial charge < -0.3 is 14.7 Å². The molecule has 6 nitrogen and oxygen atoms in total. The van der Waals surface area contributed by atoms with Crippen molar-refractivity contribution in [2.45, 2.75) is 19.0 Å². The summed E-state index contributed by atoms with van der Waals surface area (Å²) in [5.74, 6) is -2.61. The van der Waals surface area contributed by atoms with E-state index in [1.54, 1.807) is 6.07 Å². The number of nitriles is 1. The summed E-state index contributed by atoms with van der Waals surface area (Å²) in [6.45, 7) is 1.26. The number of amides is 1. The van der Waals surface area contributed by atoms with Crippen LogP contribution in [0.15, 0.2) is 12.1 Å². The summed E-state index contributed by atoms with van der Waals surface area (Å²) in [6, 6.07) is 1.61. The third-order valence-corrected chi connectivity index (χ3v) is 3.27. The lowest BCUT2D eigenvalue weighted by molar-refractivity contribution is -0.142. The molecule has 0 saturated heterocycles. The van der Waals surface area contributed by atoms with Gasteiger partial charge in [0.25, 0.3) is 5.91 Å². The second-order valence-electron chi connectivity index (χ2n) is 4.30. The molecule has 1 aliphatic rings. The molecule has 0 radical (unpaired) electrons. The van der Waals surface area contributed by atoms with Crippen LogP contribution in [0.4, 0.5) is 4.39 Å². The van der Waals surface area contributed by atoms with Gasteiger partial charge in [-0.2, -0.15) is 5.26 Å². The van der Waals surface area contributed by atoms with Crippen molar-refractivity contribution in [2.24, 2.45) is 0 Å². The Kier molecular flexibility index (Phi) is 3.32. The predicted molar refractivity (Wildman–Crippen MR) is 64.6 cm³/mol. The van der Waals surface area contributed by atoms with Gasteiger partial charge in [-0.15, -0.1) is 0 Å². The van der Waals surface area contributed by atoms with E-state index in [2.05, 4.69) is 0 Å². The van der Waals surface area contributed by atoms with E-state index < -0.39 is 29.8 Å². The molecule has 0 spiro atoms. The predicted octanol–water partition coefficient (Wildman–Crippen LogP) is 1.33. The lowest BCUT2D eigenvalue weighted by Crippen LogP contribution is -2.41. The average molecular weight is 278 g/mol. The SMILES string of the molecule is COc1ccc(F)c2c1C(=O)N(C(C)C(=O)O)C2C#N. The number of hydrogen-bond acceptors (Lipinski definition) is 4. The largest absolute Gasteiger partial charge is 0.496 e. The van der Waals surface area contributed by atoms with Crippen LogP contribution in [0.2, 0.25) is 0 Å². The number of nitrogens with zero attached hydrogens (tertiary/aromatic N) is 2. The highest BCUT2D eigenvalue weighted by Crippen LogP contribution is 2.41. The molecule has 2 rings (SSSR count). The second-order valence-corrected chi connectivity index (χ2v) is 4.30. The molecule has 0 fully saturated rings. The molecule has 0 saturated carbocycles. The lowest BCUT2D eigenvalue weighted by atomic mass is 10.0. The highest BCUT2D eigenvalue weighted by Gasteiger charge is 2.45. The molecular formula is C13H11FN2O4. The number of ether oxygens (including phenoxy) is 1. The summed E-state index contributed by atoms with van der Waals surface area (Å²) in [5, 5.41) is 18.2. The minimum Gasteiger partial charge on any atom is -0.496 e. The maximum Gasteiger partial charge on any atom is 0.326 e. The molecule has 1 aromatic carbocycles. The van der Waals surface area contributed by atoms with Crippen LogP contribution in [0.3, 0.4) is 0 Å². The Balaban J connectivity index is 2.66. The minimum absolute atomic E-state index is 0.0906. The maximum absolute atomic E-state index is 13.9. The van der Waals surface area contributed by atoms with Crippen LogP contribution < -0.4 is 4.74 Å². The number of rotatable bonds is 3. The number of halogens is 1. The molecule has 0 aromatic heterocycles. The summed E-state index contributed by atoms with van der Waals surface area (Å²) >= 11 is 0. The molecule has 1 heterocycles. The van der Waals surface area contributed by atoms with Crippen molar-refractivity contribution in [1.82, 2.24) is 4.90 Å². The van der Waals surface area contributed by atoms with Crippen LogP contribution >= 0.6 is 0 Å². The molecule has 7 heteroatoms. The van der Waals surface area contributed by atoms with Gasteiger partial charge in [0.15, 0.2) is 0 Å². The zero-order valence-electron chi connectivity index (χ0n) is 10.8. The highest BCUT2D eigenvalue weighted by molar-refractivity contribution is 6.04. The smallest absolute Gasteiger partial charge is 0.326 e. The van der Waals surface area contributed by atoms with Crippen LogP contribution in [0, 0.1) is 17.1 Å². The number of benzene rings is 1. The zero-order chi connectivity index (χ0) is 15.0. The molecule has 2 unspecified atom stereocenters. The van der Waals surface area contributed by atoms with E-state index in [4.69, 9.17) is 9.84 Å².